The van der Waals surface area contributed by atoms with Crippen molar-refractivity contribution >= 4 is 11.7 Å². The van der Waals surface area contributed by atoms with Crippen molar-refractivity contribution in [1.29, 1.82) is 0 Å². The fourth-order valence-electron chi connectivity index (χ4n) is 3.27. The number of hydrogen-bond acceptors (Lipinski definition) is 5. The van der Waals surface area contributed by atoms with E-state index < -0.39 is 0 Å². The predicted molar refractivity (Wildman–Crippen MR) is 84.8 cm³/mol. The van der Waals surface area contributed by atoms with Gasteiger partial charge in [-0.05, 0) is 19.4 Å². The molecule has 23 heavy (non-hydrogen) atoms. The summed E-state index contributed by atoms with van der Waals surface area (Å²) in [6.07, 6.45) is 4.37. The molecule has 2 heterocycles. The molecule has 1 unspecified atom stereocenters. The van der Waals surface area contributed by atoms with E-state index in [1.54, 1.807) is 0 Å². The van der Waals surface area contributed by atoms with Gasteiger partial charge in [0.25, 0.3) is 5.91 Å². The van der Waals surface area contributed by atoms with Gasteiger partial charge in [0.05, 0.1) is 23.8 Å². The smallest absolute Gasteiger partial charge is 0.255 e. The normalized spacial score (nSPS) is 22.0. The molecule has 1 N–H and O–H groups in total. The Balaban J connectivity index is 1.52. The monoisotopic (exact) mass is 320 g/mol. The summed E-state index contributed by atoms with van der Waals surface area (Å²) in [5.74, 6) is 0.438. The number of aryl methyl sites for hydroxylation is 1. The number of amides is 1. The Bertz CT molecular complexity index is 581. The second-order valence-electron chi connectivity index (χ2n) is 6.15. The summed E-state index contributed by atoms with van der Waals surface area (Å²) >= 11 is 0. The maximum atomic E-state index is 12.3. The first kappa shape index (κ1) is 16.2. The van der Waals surface area contributed by atoms with Gasteiger partial charge < -0.3 is 14.5 Å². The van der Waals surface area contributed by atoms with Gasteiger partial charge >= 0.3 is 0 Å². The third-order valence-electron chi connectivity index (χ3n) is 4.62. The number of nitrogens with zero attached hydrogens (tertiary/aromatic N) is 1. The summed E-state index contributed by atoms with van der Waals surface area (Å²) in [5, 5.41) is 2.89. The number of ketones is 1. The Hall–Kier alpha value is -1.66. The Morgan fingerprint density at radius 1 is 1.43 bits per heavy atom. The van der Waals surface area contributed by atoms with Crippen LogP contribution < -0.4 is 5.32 Å². The number of furan rings is 1. The molecule has 126 valence electrons. The van der Waals surface area contributed by atoms with E-state index in [0.717, 1.165) is 45.5 Å². The predicted octanol–water partition coefficient (Wildman–Crippen LogP) is 1.64. The fraction of sp³-hybridized carbons (Fsp3) is 0.647. The van der Waals surface area contributed by atoms with Crippen LogP contribution in [0.4, 0.5) is 0 Å². The number of rotatable bonds is 5. The van der Waals surface area contributed by atoms with E-state index in [-0.39, 0.29) is 17.8 Å². The molecule has 3 rings (SSSR count). The Labute approximate surface area is 136 Å². The highest BCUT2D eigenvalue weighted by Crippen LogP contribution is 2.26. The lowest BCUT2D eigenvalue weighted by Crippen LogP contribution is -2.43. The van der Waals surface area contributed by atoms with Gasteiger partial charge in [-0.15, -0.1) is 0 Å². The van der Waals surface area contributed by atoms with Crippen LogP contribution in [0, 0.1) is 0 Å². The van der Waals surface area contributed by atoms with Crippen LogP contribution in [0.15, 0.2) is 10.7 Å². The fourth-order valence-corrected chi connectivity index (χ4v) is 3.27. The molecule has 1 amide bonds. The van der Waals surface area contributed by atoms with E-state index in [1.165, 1.54) is 6.26 Å². The van der Waals surface area contributed by atoms with Gasteiger partial charge in [0.15, 0.2) is 5.78 Å². The number of carbonyl (C=O) groups is 2. The number of fused-ring (bicyclic) bond motifs is 1. The molecule has 6 nitrogen and oxygen atoms in total. The standard InChI is InChI=1S/C17H24N2O4/c1-2-19-8-9-22-12(10-19)6-7-18-17(21)13-11-23-15-5-3-4-14(20)16(13)15/h11-12H,2-10H2,1H3,(H,18,21). The average molecular weight is 320 g/mol. The molecule has 1 aliphatic heterocycles. The lowest BCUT2D eigenvalue weighted by atomic mass is 9.94. The first-order valence-electron chi connectivity index (χ1n) is 8.44. The van der Waals surface area contributed by atoms with E-state index in [0.29, 0.717) is 29.9 Å². The van der Waals surface area contributed by atoms with E-state index in [2.05, 4.69) is 17.1 Å². The molecule has 1 atom stereocenters. The third kappa shape index (κ3) is 3.64. The van der Waals surface area contributed by atoms with Crippen LogP contribution in [0.1, 0.15) is 52.7 Å². The highest BCUT2D eigenvalue weighted by Gasteiger charge is 2.28. The zero-order valence-electron chi connectivity index (χ0n) is 13.6. The Morgan fingerprint density at radius 3 is 3.13 bits per heavy atom. The van der Waals surface area contributed by atoms with Gasteiger partial charge in [0, 0.05) is 32.5 Å². The van der Waals surface area contributed by atoms with Gasteiger partial charge in [0.1, 0.15) is 12.0 Å². The number of ether oxygens (including phenoxy) is 1. The van der Waals surface area contributed by atoms with Gasteiger partial charge in [-0.2, -0.15) is 0 Å². The van der Waals surface area contributed by atoms with Crippen LogP contribution in [0.3, 0.4) is 0 Å². The van der Waals surface area contributed by atoms with E-state index in [9.17, 15) is 9.59 Å². The van der Waals surface area contributed by atoms with Crippen LogP contribution in [-0.2, 0) is 11.2 Å². The third-order valence-corrected chi connectivity index (χ3v) is 4.62. The highest BCUT2D eigenvalue weighted by molar-refractivity contribution is 6.09. The minimum atomic E-state index is -0.228. The Morgan fingerprint density at radius 2 is 2.30 bits per heavy atom. The van der Waals surface area contributed by atoms with Crippen molar-refractivity contribution in [3.05, 3.63) is 23.2 Å². The van der Waals surface area contributed by atoms with Gasteiger partial charge in [-0.25, -0.2) is 0 Å². The number of likely N-dealkylation sites (N-methyl/N-ethyl adjacent to an activating group) is 1. The molecule has 1 aliphatic carbocycles. The molecule has 0 aromatic carbocycles. The van der Waals surface area contributed by atoms with E-state index >= 15 is 0 Å². The zero-order valence-corrected chi connectivity index (χ0v) is 13.6. The summed E-state index contributed by atoms with van der Waals surface area (Å²) in [7, 11) is 0. The average Bonchev–Trinajstić information content (AvgIpc) is 3.00. The van der Waals surface area contributed by atoms with Crippen molar-refractivity contribution in [3.63, 3.8) is 0 Å². The summed E-state index contributed by atoms with van der Waals surface area (Å²) < 4.78 is 11.1. The lowest BCUT2D eigenvalue weighted by Gasteiger charge is -2.32. The summed E-state index contributed by atoms with van der Waals surface area (Å²) in [4.78, 5) is 26.7. The quantitative estimate of drug-likeness (QED) is 0.893. The van der Waals surface area contributed by atoms with Crippen LogP contribution in [-0.4, -0.2) is 55.5 Å². The summed E-state index contributed by atoms with van der Waals surface area (Å²) in [5.41, 5.74) is 0.865. The largest absolute Gasteiger partial charge is 0.468 e. The minimum Gasteiger partial charge on any atom is -0.468 e. The number of hydrogen-bond donors (Lipinski definition) is 1. The van der Waals surface area contributed by atoms with Crippen molar-refractivity contribution in [1.82, 2.24) is 10.2 Å². The lowest BCUT2D eigenvalue weighted by molar-refractivity contribution is -0.0296. The van der Waals surface area contributed by atoms with Crippen LogP contribution in [0.5, 0.6) is 0 Å². The second kappa shape index (κ2) is 7.27. The molecule has 0 radical (unpaired) electrons. The molecular weight excluding hydrogens is 296 g/mol. The van der Waals surface area contributed by atoms with E-state index in [1.807, 2.05) is 0 Å². The topological polar surface area (TPSA) is 71.8 Å². The number of morpholine rings is 1. The molecule has 6 heteroatoms. The van der Waals surface area contributed by atoms with Crippen LogP contribution >= 0.6 is 0 Å². The van der Waals surface area contributed by atoms with Crippen molar-refractivity contribution in [2.45, 2.75) is 38.7 Å². The minimum absolute atomic E-state index is 0.0133. The Kier molecular flexibility index (Phi) is 5.13. The molecule has 0 saturated carbocycles. The number of Topliss-reactive ketones (excluding diaryl/α,β-unsaturated/α-hetero) is 1. The maximum absolute atomic E-state index is 12.3. The molecule has 1 aromatic heterocycles. The number of carbonyl (C=O) groups excluding carboxylic acids is 2. The zero-order chi connectivity index (χ0) is 16.2. The molecule has 1 aromatic rings. The summed E-state index contributed by atoms with van der Waals surface area (Å²) in [6, 6.07) is 0. The van der Waals surface area contributed by atoms with Crippen molar-refractivity contribution in [2.24, 2.45) is 0 Å². The van der Waals surface area contributed by atoms with Crippen LogP contribution in [0.2, 0.25) is 0 Å². The van der Waals surface area contributed by atoms with E-state index in [4.69, 9.17) is 9.15 Å². The molecule has 0 spiro atoms. The van der Waals surface area contributed by atoms with Crippen molar-refractivity contribution in [2.75, 3.05) is 32.8 Å². The van der Waals surface area contributed by atoms with Gasteiger partial charge in [0.2, 0.25) is 0 Å². The SMILES string of the molecule is CCN1CCOC(CCNC(=O)c2coc3c2C(=O)CCC3)C1. The highest BCUT2D eigenvalue weighted by atomic mass is 16.5. The molecule has 1 saturated heterocycles. The van der Waals surface area contributed by atoms with Crippen molar-refractivity contribution in [3.8, 4) is 0 Å². The molecular formula is C17H24N2O4. The molecule has 1 fully saturated rings. The maximum Gasteiger partial charge on any atom is 0.255 e. The van der Waals surface area contributed by atoms with Gasteiger partial charge in [-0.3, -0.25) is 14.5 Å². The molecule has 0 bridgehead atoms. The van der Waals surface area contributed by atoms with Crippen molar-refractivity contribution < 1.29 is 18.7 Å². The first-order chi connectivity index (χ1) is 11.2. The second-order valence-corrected chi connectivity index (χ2v) is 6.15. The first-order valence-corrected chi connectivity index (χ1v) is 8.44. The molecule has 2 aliphatic rings. The summed E-state index contributed by atoms with van der Waals surface area (Å²) in [6.45, 7) is 6.33. The van der Waals surface area contributed by atoms with Crippen LogP contribution in [0.25, 0.3) is 0 Å². The van der Waals surface area contributed by atoms with Gasteiger partial charge in [-0.1, -0.05) is 6.92 Å². The number of nitrogens with one attached hydrogen (secondary N) is 1.